The zero-order valence-electron chi connectivity index (χ0n) is 78.5. The summed E-state index contributed by atoms with van der Waals surface area (Å²) in [5.41, 5.74) is 26.1. The van der Waals surface area contributed by atoms with Gasteiger partial charge in [0.2, 0.25) is 0 Å². The Morgan fingerprint density at radius 3 is 0.971 bits per heavy atom. The molecule has 28 aromatic rings. The number of benzene rings is 20. The summed E-state index contributed by atoms with van der Waals surface area (Å²) in [6, 6.07) is 141. The SMILES string of the molecule is CCCP(C)(=O)c1ccc2ccc3c(-c4ccc5c6ccccc6c6nc7ccccc7n6c5c4)ccc4ccc1c2c43.CP(C)(=O)c1ccc(-c2ccc3c4ccccc4c4nc5ccccc5n4c3c2)cc1.CP(C)(=O)c1ccc(-c2ccc3nc4c5ccccc5c5ccccc5n4c3c2)cc1.CP(C)(=O)c1ccc2ccc(-c3ccc4c5ccccc5c5nc6ccccc6n5c4c3)cc2c1. The monoisotopic (exact) mass is 1880 g/mol. The first-order chi connectivity index (χ1) is 68.0. The molecule has 0 aliphatic heterocycles. The highest BCUT2D eigenvalue weighted by molar-refractivity contribution is 7.71. The number of imidazole rings is 4. The predicted octanol–water partition coefficient (Wildman–Crippen LogP) is 31.7. The molecular weight excluding hydrogens is 1790 g/mol. The first kappa shape index (κ1) is 86.1. The highest BCUT2D eigenvalue weighted by Crippen LogP contribution is 2.49. The summed E-state index contributed by atoms with van der Waals surface area (Å²) in [4.78, 5) is 20.1. The molecule has 8 aromatic heterocycles. The lowest BCUT2D eigenvalue weighted by molar-refractivity contribution is 0.583. The zero-order valence-corrected chi connectivity index (χ0v) is 82.1. The van der Waals surface area contributed by atoms with Crippen molar-refractivity contribution in [3.8, 4) is 44.5 Å². The van der Waals surface area contributed by atoms with Crippen LogP contribution in [0.3, 0.4) is 0 Å². The molecule has 0 spiro atoms. The van der Waals surface area contributed by atoms with E-state index < -0.39 is 28.6 Å². The molecule has 20 aromatic carbocycles. The Balaban J connectivity index is 0.0000000995. The summed E-state index contributed by atoms with van der Waals surface area (Å²) in [6.07, 6.45) is 1.64. The van der Waals surface area contributed by atoms with Crippen LogP contribution in [0.15, 0.2) is 400 Å². The fraction of sp³-hybridized carbons (Fsp3) is 0.0806. The van der Waals surface area contributed by atoms with Gasteiger partial charge in [0.1, 0.15) is 51.2 Å². The van der Waals surface area contributed by atoms with E-state index in [4.69, 9.17) is 19.9 Å². The van der Waals surface area contributed by atoms with Crippen molar-refractivity contribution in [1.29, 1.82) is 0 Å². The van der Waals surface area contributed by atoms with Gasteiger partial charge in [0, 0.05) is 70.5 Å². The third-order valence-electron chi connectivity index (χ3n) is 28.6. The van der Waals surface area contributed by atoms with Crippen LogP contribution in [0.5, 0.6) is 0 Å². The number of hydrogen-bond donors (Lipinski definition) is 0. The smallest absolute Gasteiger partial charge is 0.146 e. The fourth-order valence-electron chi connectivity index (χ4n) is 21.7. The fourth-order valence-corrected chi connectivity index (χ4v) is 26.5. The van der Waals surface area contributed by atoms with E-state index in [2.05, 4.69) is 382 Å². The van der Waals surface area contributed by atoms with Gasteiger partial charge in [0.05, 0.1) is 66.2 Å². The second-order valence-electron chi connectivity index (χ2n) is 38.5. The molecule has 0 fully saturated rings. The standard InChI is InChI=1S/C39H29N2OP.C31H23N2OP.2C27H21N2OP/c1-3-22-43(2,42)36-21-16-25-13-19-30-27(17-12-24-14-20-32(36)38(25)37(24)30)26-15-18-29-28-8-4-5-9-31(28)39-40-33-10-6-7-11-34(33)41(39)35(29)23-26;1-35(2,34)24-15-13-20-11-12-21(17-23(20)18-24)22-14-16-26-25-7-3-4-8-27(25)31-32-28-9-5-6-10-29(28)33(31)30(26)19-22;1-31(2,30)20-14-11-18(12-15-20)19-13-16-24-26(17-19)29-25-10-6-5-8-22(25)21-7-3-4-9-23(21)27(29)28-24;1-31(2,30)20-14-11-18(12-15-20)19-13-16-22-21-7-3-4-8-23(21)27-28-24-9-5-6-10-25(24)29(27)26(22)17-19/h4-21,23H,3,22H2,1-2H3;3-19H,1-2H3;2*3-17H,1-2H3. The van der Waals surface area contributed by atoms with Crippen molar-refractivity contribution in [2.45, 2.75) is 13.3 Å². The second kappa shape index (κ2) is 33.1. The summed E-state index contributed by atoms with van der Waals surface area (Å²) >= 11 is 0. The van der Waals surface area contributed by atoms with E-state index >= 15 is 0 Å². The summed E-state index contributed by atoms with van der Waals surface area (Å²) in [6.45, 7) is 15.0. The van der Waals surface area contributed by atoms with Crippen LogP contribution in [0, 0.1) is 0 Å². The summed E-state index contributed by atoms with van der Waals surface area (Å²) < 4.78 is 60.4. The number of hydrogen-bond acceptors (Lipinski definition) is 8. The van der Waals surface area contributed by atoms with Crippen molar-refractivity contribution < 1.29 is 18.3 Å². The molecule has 0 aliphatic carbocycles. The molecule has 28 rings (SSSR count). The van der Waals surface area contributed by atoms with Crippen molar-refractivity contribution in [2.24, 2.45) is 0 Å². The van der Waals surface area contributed by atoms with E-state index in [9.17, 15) is 18.3 Å². The normalized spacial score (nSPS) is 12.8. The van der Waals surface area contributed by atoms with E-state index in [1.807, 2.05) is 89.1 Å². The predicted molar refractivity (Wildman–Crippen MR) is 599 cm³/mol. The number of aromatic nitrogens is 8. The lowest BCUT2D eigenvalue weighted by Gasteiger charge is -2.19. The number of rotatable bonds is 10. The summed E-state index contributed by atoms with van der Waals surface area (Å²) in [5.74, 6) is 0. The molecule has 140 heavy (non-hydrogen) atoms. The van der Waals surface area contributed by atoms with Gasteiger partial charge in [-0.15, -0.1) is 0 Å². The van der Waals surface area contributed by atoms with Crippen LogP contribution in [0.25, 0.3) is 241 Å². The van der Waals surface area contributed by atoms with Crippen LogP contribution in [0.2, 0.25) is 0 Å². The van der Waals surface area contributed by atoms with Crippen molar-refractivity contribution in [2.75, 3.05) is 52.8 Å². The van der Waals surface area contributed by atoms with Crippen molar-refractivity contribution >= 4 is 246 Å². The van der Waals surface area contributed by atoms with E-state index in [-0.39, 0.29) is 0 Å². The maximum absolute atomic E-state index is 13.8. The van der Waals surface area contributed by atoms with Gasteiger partial charge in [-0.05, 0) is 247 Å². The zero-order chi connectivity index (χ0) is 94.9. The number of para-hydroxylation sites is 7. The van der Waals surface area contributed by atoms with Crippen molar-refractivity contribution in [3.05, 3.63) is 400 Å². The van der Waals surface area contributed by atoms with Gasteiger partial charge >= 0.3 is 0 Å². The Hall–Kier alpha value is -15.5. The minimum atomic E-state index is -2.47. The lowest BCUT2D eigenvalue weighted by atomic mass is 9.89. The third-order valence-corrected chi connectivity index (χ3v) is 35.9. The molecule has 16 heteroatoms. The Morgan fingerprint density at radius 2 is 0.514 bits per heavy atom. The third kappa shape index (κ3) is 14.4. The van der Waals surface area contributed by atoms with Gasteiger partial charge in [0.15, 0.2) is 0 Å². The van der Waals surface area contributed by atoms with Crippen LogP contribution in [-0.4, -0.2) is 90.4 Å². The average molecular weight is 1880 g/mol. The van der Waals surface area contributed by atoms with E-state index in [0.29, 0.717) is 0 Å². The molecule has 0 saturated carbocycles. The molecule has 0 N–H and O–H groups in total. The number of pyridine rings is 4. The molecule has 1 atom stereocenters. The Morgan fingerprint density at radius 1 is 0.214 bits per heavy atom. The van der Waals surface area contributed by atoms with Gasteiger partial charge in [-0.2, -0.15) is 0 Å². The highest BCUT2D eigenvalue weighted by atomic mass is 31.2. The van der Waals surface area contributed by atoms with E-state index in [0.717, 1.165) is 194 Å². The minimum absolute atomic E-state index is 0.728. The van der Waals surface area contributed by atoms with Crippen LogP contribution < -0.4 is 21.2 Å². The molecule has 1 unspecified atom stereocenters. The molecule has 0 aliphatic rings. The molecule has 0 amide bonds. The highest BCUT2D eigenvalue weighted by Gasteiger charge is 2.27. The first-order valence-electron chi connectivity index (χ1n) is 47.6. The molecule has 0 bridgehead atoms. The van der Waals surface area contributed by atoms with E-state index in [1.165, 1.54) is 81.1 Å². The second-order valence-corrected chi connectivity index (χ2v) is 51.3. The quantitative estimate of drug-likeness (QED) is 0.0975. The lowest BCUT2D eigenvalue weighted by Crippen LogP contribution is -2.08. The van der Waals surface area contributed by atoms with Crippen molar-refractivity contribution in [3.63, 3.8) is 0 Å². The minimum Gasteiger partial charge on any atom is -0.319 e. The number of nitrogens with zero attached hydrogens (tertiary/aromatic N) is 8. The van der Waals surface area contributed by atoms with Gasteiger partial charge in [-0.1, -0.05) is 322 Å². The summed E-state index contributed by atoms with van der Waals surface area (Å²) in [5, 5.41) is 27.6. The molecule has 674 valence electrons. The topological polar surface area (TPSA) is 137 Å². The van der Waals surface area contributed by atoms with Gasteiger partial charge in [0.25, 0.3) is 0 Å². The number of fused-ring (bicyclic) bond motifs is 33. The molecule has 0 radical (unpaired) electrons. The summed E-state index contributed by atoms with van der Waals surface area (Å²) in [7, 11) is -9.30. The Kier molecular flexibility index (Phi) is 20.4. The van der Waals surface area contributed by atoms with Crippen LogP contribution >= 0.6 is 28.6 Å². The Bertz CT molecular complexity index is 10300. The molecule has 0 saturated heterocycles. The maximum atomic E-state index is 13.8. The van der Waals surface area contributed by atoms with Crippen LogP contribution in [-0.2, 0) is 18.3 Å². The van der Waals surface area contributed by atoms with Gasteiger partial charge in [-0.3, -0.25) is 17.6 Å². The average Bonchev–Trinajstić information content (AvgIpc) is 0.764. The largest absolute Gasteiger partial charge is 0.319 e. The maximum Gasteiger partial charge on any atom is 0.146 e. The van der Waals surface area contributed by atoms with Crippen LogP contribution in [0.4, 0.5) is 0 Å². The van der Waals surface area contributed by atoms with Gasteiger partial charge in [-0.25, -0.2) is 19.9 Å². The van der Waals surface area contributed by atoms with Gasteiger partial charge < -0.3 is 18.3 Å². The first-order valence-corrected chi connectivity index (χ1v) is 57.7. The Labute approximate surface area is 807 Å². The molecule has 12 nitrogen and oxygen atoms in total. The molecule has 8 heterocycles. The molecular formula is C124H94N8O4P4. The van der Waals surface area contributed by atoms with Crippen molar-refractivity contribution in [1.82, 2.24) is 37.5 Å². The van der Waals surface area contributed by atoms with Crippen LogP contribution in [0.1, 0.15) is 13.3 Å². The van der Waals surface area contributed by atoms with E-state index in [1.54, 1.807) is 0 Å².